The molecule has 0 spiro atoms. The molecule has 1 heterocycles. The highest BCUT2D eigenvalue weighted by Gasteiger charge is 2.10. The van der Waals surface area contributed by atoms with Gasteiger partial charge in [0.1, 0.15) is 5.58 Å². The van der Waals surface area contributed by atoms with Crippen LogP contribution in [0.25, 0.3) is 11.0 Å². The lowest BCUT2D eigenvalue weighted by atomic mass is 10.2. The maximum absolute atomic E-state index is 10.6. The molecule has 0 aliphatic heterocycles. The summed E-state index contributed by atoms with van der Waals surface area (Å²) in [4.78, 5) is 10.6. The van der Waals surface area contributed by atoms with E-state index in [1.54, 1.807) is 7.05 Å². The van der Waals surface area contributed by atoms with Gasteiger partial charge in [-0.2, -0.15) is 0 Å². The molecule has 0 aliphatic carbocycles. The number of benzene rings is 1. The van der Waals surface area contributed by atoms with Crippen molar-refractivity contribution < 1.29 is 9.21 Å². The summed E-state index contributed by atoms with van der Waals surface area (Å²) in [5.74, 6) is 0.351. The van der Waals surface area contributed by atoms with E-state index in [4.69, 9.17) is 4.42 Å². The predicted molar refractivity (Wildman–Crippen MR) is 51.1 cm³/mol. The standard InChI is InChI=1S/C10H9NO2/c1-11-10-7-4-2-3-5-8(7)13-9(10)6-12/h2-6,11H,1H3. The lowest BCUT2D eigenvalue weighted by Crippen LogP contribution is -1.89. The summed E-state index contributed by atoms with van der Waals surface area (Å²) in [5.41, 5.74) is 1.49. The average molecular weight is 175 g/mol. The van der Waals surface area contributed by atoms with Crippen molar-refractivity contribution in [1.29, 1.82) is 0 Å². The molecule has 0 saturated carbocycles. The molecule has 0 saturated heterocycles. The number of aldehydes is 1. The minimum absolute atomic E-state index is 0.351. The third-order valence-corrected chi connectivity index (χ3v) is 1.98. The van der Waals surface area contributed by atoms with Crippen LogP contribution in [0.5, 0.6) is 0 Å². The third kappa shape index (κ3) is 1.09. The summed E-state index contributed by atoms with van der Waals surface area (Å²) in [6.07, 6.45) is 0.714. The van der Waals surface area contributed by atoms with E-state index in [1.807, 2.05) is 24.3 Å². The number of fused-ring (bicyclic) bond motifs is 1. The second-order valence-corrected chi connectivity index (χ2v) is 2.71. The lowest BCUT2D eigenvalue weighted by molar-refractivity contribution is 0.110. The van der Waals surface area contributed by atoms with Crippen molar-refractivity contribution >= 4 is 22.9 Å². The fraction of sp³-hybridized carbons (Fsp3) is 0.100. The number of hydrogen-bond acceptors (Lipinski definition) is 3. The van der Waals surface area contributed by atoms with Crippen molar-refractivity contribution in [3.63, 3.8) is 0 Å². The van der Waals surface area contributed by atoms with Crippen molar-refractivity contribution in [2.75, 3.05) is 12.4 Å². The largest absolute Gasteiger partial charge is 0.451 e. The molecule has 0 amide bonds. The van der Waals surface area contributed by atoms with Crippen molar-refractivity contribution in [3.05, 3.63) is 30.0 Å². The molecular weight excluding hydrogens is 166 g/mol. The SMILES string of the molecule is CNc1c(C=O)oc2ccccc12. The minimum atomic E-state index is 0.351. The first-order valence-electron chi connectivity index (χ1n) is 4.01. The van der Waals surface area contributed by atoms with E-state index in [-0.39, 0.29) is 0 Å². The van der Waals surface area contributed by atoms with E-state index in [0.717, 1.165) is 16.7 Å². The van der Waals surface area contributed by atoms with Crippen LogP contribution in [-0.2, 0) is 0 Å². The third-order valence-electron chi connectivity index (χ3n) is 1.98. The molecule has 1 N–H and O–H groups in total. The quantitative estimate of drug-likeness (QED) is 0.712. The Bertz CT molecular complexity index is 445. The van der Waals surface area contributed by atoms with Crippen molar-refractivity contribution in [2.45, 2.75) is 0 Å². The number of nitrogens with one attached hydrogen (secondary N) is 1. The summed E-state index contributed by atoms with van der Waals surface area (Å²) in [5, 5.41) is 3.88. The van der Waals surface area contributed by atoms with Gasteiger partial charge in [-0.3, -0.25) is 4.79 Å². The van der Waals surface area contributed by atoms with Crippen LogP contribution >= 0.6 is 0 Å². The molecule has 2 aromatic rings. The second-order valence-electron chi connectivity index (χ2n) is 2.71. The molecule has 3 heteroatoms. The van der Waals surface area contributed by atoms with Gasteiger partial charge in [0.05, 0.1) is 5.69 Å². The average Bonchev–Trinajstić information content (AvgIpc) is 2.55. The first kappa shape index (κ1) is 7.86. The zero-order chi connectivity index (χ0) is 9.26. The molecule has 1 aromatic carbocycles. The number of rotatable bonds is 2. The summed E-state index contributed by atoms with van der Waals surface area (Å²) < 4.78 is 5.31. The first-order chi connectivity index (χ1) is 6.36. The Morgan fingerprint density at radius 3 is 2.85 bits per heavy atom. The highest BCUT2D eigenvalue weighted by atomic mass is 16.3. The minimum Gasteiger partial charge on any atom is -0.451 e. The monoisotopic (exact) mass is 175 g/mol. The molecule has 0 bridgehead atoms. The summed E-state index contributed by atoms with van der Waals surface area (Å²) in [6.45, 7) is 0. The van der Waals surface area contributed by atoms with Crippen LogP contribution in [0.4, 0.5) is 5.69 Å². The van der Waals surface area contributed by atoms with E-state index in [1.165, 1.54) is 0 Å². The van der Waals surface area contributed by atoms with Gasteiger partial charge in [0, 0.05) is 12.4 Å². The summed E-state index contributed by atoms with van der Waals surface area (Å²) >= 11 is 0. The topological polar surface area (TPSA) is 42.2 Å². The van der Waals surface area contributed by atoms with Crippen LogP contribution in [0.2, 0.25) is 0 Å². The summed E-state index contributed by atoms with van der Waals surface area (Å²) in [7, 11) is 1.77. The van der Waals surface area contributed by atoms with Crippen LogP contribution in [0, 0.1) is 0 Å². The fourth-order valence-corrected chi connectivity index (χ4v) is 1.41. The van der Waals surface area contributed by atoms with Gasteiger partial charge < -0.3 is 9.73 Å². The second kappa shape index (κ2) is 2.94. The van der Waals surface area contributed by atoms with E-state index >= 15 is 0 Å². The van der Waals surface area contributed by atoms with Gasteiger partial charge in [0.2, 0.25) is 0 Å². The van der Waals surface area contributed by atoms with Crippen LogP contribution in [0.15, 0.2) is 28.7 Å². The maximum atomic E-state index is 10.6. The van der Waals surface area contributed by atoms with Gasteiger partial charge in [-0.15, -0.1) is 0 Å². The molecule has 0 fully saturated rings. The highest BCUT2D eigenvalue weighted by Crippen LogP contribution is 2.28. The van der Waals surface area contributed by atoms with Gasteiger partial charge in [0.25, 0.3) is 0 Å². The fourth-order valence-electron chi connectivity index (χ4n) is 1.41. The molecule has 0 unspecified atom stereocenters. The Hall–Kier alpha value is -1.77. The Morgan fingerprint density at radius 2 is 2.15 bits per heavy atom. The molecule has 0 atom stereocenters. The highest BCUT2D eigenvalue weighted by molar-refractivity contribution is 5.99. The van der Waals surface area contributed by atoms with Gasteiger partial charge in [-0.1, -0.05) is 12.1 Å². The van der Waals surface area contributed by atoms with Gasteiger partial charge in [0.15, 0.2) is 12.0 Å². The number of furan rings is 1. The Labute approximate surface area is 75.3 Å². The van der Waals surface area contributed by atoms with E-state index in [2.05, 4.69) is 5.32 Å². The Balaban J connectivity index is 2.81. The molecule has 66 valence electrons. The Morgan fingerprint density at radius 1 is 1.38 bits per heavy atom. The number of anilines is 1. The molecule has 13 heavy (non-hydrogen) atoms. The molecule has 0 aliphatic rings. The number of carbonyl (C=O) groups excluding carboxylic acids is 1. The number of carbonyl (C=O) groups is 1. The van der Waals surface area contributed by atoms with Crippen LogP contribution in [-0.4, -0.2) is 13.3 Å². The van der Waals surface area contributed by atoms with E-state index in [9.17, 15) is 4.79 Å². The normalized spacial score (nSPS) is 10.2. The van der Waals surface area contributed by atoms with Crippen molar-refractivity contribution in [3.8, 4) is 0 Å². The lowest BCUT2D eigenvalue weighted by Gasteiger charge is -1.94. The van der Waals surface area contributed by atoms with E-state index < -0.39 is 0 Å². The molecule has 2 rings (SSSR count). The van der Waals surface area contributed by atoms with Gasteiger partial charge >= 0.3 is 0 Å². The molecular formula is C10H9NO2. The van der Waals surface area contributed by atoms with Gasteiger partial charge in [-0.25, -0.2) is 0 Å². The van der Waals surface area contributed by atoms with Crippen LogP contribution < -0.4 is 5.32 Å². The zero-order valence-electron chi connectivity index (χ0n) is 7.20. The maximum Gasteiger partial charge on any atom is 0.190 e. The van der Waals surface area contributed by atoms with Crippen molar-refractivity contribution in [2.24, 2.45) is 0 Å². The van der Waals surface area contributed by atoms with E-state index in [0.29, 0.717) is 12.0 Å². The molecule has 0 radical (unpaired) electrons. The Kier molecular flexibility index (Phi) is 1.77. The summed E-state index contributed by atoms with van der Waals surface area (Å²) in [6, 6.07) is 7.54. The van der Waals surface area contributed by atoms with Crippen molar-refractivity contribution in [1.82, 2.24) is 0 Å². The number of hydrogen-bond donors (Lipinski definition) is 1. The van der Waals surface area contributed by atoms with Crippen LogP contribution in [0.3, 0.4) is 0 Å². The molecule has 3 nitrogen and oxygen atoms in total. The molecule has 1 aromatic heterocycles. The van der Waals surface area contributed by atoms with Gasteiger partial charge in [-0.05, 0) is 12.1 Å². The smallest absolute Gasteiger partial charge is 0.190 e. The van der Waals surface area contributed by atoms with Crippen LogP contribution in [0.1, 0.15) is 10.6 Å². The number of para-hydroxylation sites is 1. The zero-order valence-corrected chi connectivity index (χ0v) is 7.20. The predicted octanol–water partition coefficient (Wildman–Crippen LogP) is 2.29. The first-order valence-corrected chi connectivity index (χ1v) is 4.01.